The first-order valence-corrected chi connectivity index (χ1v) is 12.1. The van der Waals surface area contributed by atoms with Crippen molar-refractivity contribution in [3.63, 3.8) is 0 Å². The molecule has 35 heavy (non-hydrogen) atoms. The number of ether oxygens (including phenoxy) is 1. The lowest BCUT2D eigenvalue weighted by Crippen LogP contribution is -2.28. The quantitative estimate of drug-likeness (QED) is 0.220. The van der Waals surface area contributed by atoms with E-state index in [0.29, 0.717) is 23.2 Å². The third-order valence-electron chi connectivity index (χ3n) is 5.80. The van der Waals surface area contributed by atoms with Gasteiger partial charge in [-0.3, -0.25) is 9.69 Å². The zero-order valence-corrected chi connectivity index (χ0v) is 20.2. The third-order valence-corrected chi connectivity index (χ3v) is 6.81. The van der Waals surface area contributed by atoms with E-state index in [2.05, 4.69) is 29.5 Å². The molecule has 5 rings (SSSR count). The van der Waals surface area contributed by atoms with Gasteiger partial charge in [0.25, 0.3) is 5.91 Å². The van der Waals surface area contributed by atoms with Crippen molar-refractivity contribution in [2.24, 2.45) is 4.99 Å². The van der Waals surface area contributed by atoms with Crippen LogP contribution in [0, 0.1) is 0 Å². The summed E-state index contributed by atoms with van der Waals surface area (Å²) >= 11 is 1.41. The molecule has 1 aromatic heterocycles. The summed E-state index contributed by atoms with van der Waals surface area (Å²) in [4.78, 5) is 20.8. The van der Waals surface area contributed by atoms with Crippen LogP contribution in [0.1, 0.15) is 11.1 Å². The molecule has 4 aromatic rings. The normalized spacial score (nSPS) is 15.9. The van der Waals surface area contributed by atoms with E-state index in [1.54, 1.807) is 12.0 Å². The number of thioether (sulfide) groups is 1. The van der Waals surface area contributed by atoms with Crippen LogP contribution in [0.15, 0.2) is 108 Å². The van der Waals surface area contributed by atoms with E-state index in [1.165, 1.54) is 11.8 Å². The summed E-state index contributed by atoms with van der Waals surface area (Å²) in [7, 11) is 1.64. The summed E-state index contributed by atoms with van der Waals surface area (Å²) in [6.45, 7) is 5.00. The molecular formula is C29H25N3O2S. The number of amides is 1. The van der Waals surface area contributed by atoms with Crippen molar-refractivity contribution in [3.8, 4) is 5.75 Å². The summed E-state index contributed by atoms with van der Waals surface area (Å²) in [5, 5.41) is 1.77. The topological polar surface area (TPSA) is 46.8 Å². The number of aromatic nitrogens is 1. The molecule has 0 radical (unpaired) electrons. The fourth-order valence-electron chi connectivity index (χ4n) is 4.08. The number of allylic oxidation sites excluding steroid dienone is 1. The molecule has 1 fully saturated rings. The highest BCUT2D eigenvalue weighted by Crippen LogP contribution is 2.36. The maximum absolute atomic E-state index is 13.6. The lowest BCUT2D eigenvalue weighted by molar-refractivity contribution is -0.122. The molecule has 1 amide bonds. The van der Waals surface area contributed by atoms with Gasteiger partial charge in [0.2, 0.25) is 0 Å². The van der Waals surface area contributed by atoms with Gasteiger partial charge < -0.3 is 9.30 Å². The Morgan fingerprint density at radius 2 is 1.74 bits per heavy atom. The Labute approximate surface area is 209 Å². The highest BCUT2D eigenvalue weighted by Gasteiger charge is 2.33. The Bertz CT molecular complexity index is 1440. The van der Waals surface area contributed by atoms with Crippen molar-refractivity contribution < 1.29 is 9.53 Å². The second-order valence-electron chi connectivity index (χ2n) is 8.12. The van der Waals surface area contributed by atoms with Gasteiger partial charge in [-0.2, -0.15) is 0 Å². The molecule has 0 bridgehead atoms. The van der Waals surface area contributed by atoms with Gasteiger partial charge in [-0.25, -0.2) is 4.99 Å². The number of hydrogen-bond donors (Lipinski definition) is 0. The Kier molecular flexibility index (Phi) is 6.55. The maximum Gasteiger partial charge on any atom is 0.267 e. The van der Waals surface area contributed by atoms with Crippen molar-refractivity contribution in [1.82, 2.24) is 9.47 Å². The van der Waals surface area contributed by atoms with Gasteiger partial charge in [-0.1, -0.05) is 54.6 Å². The highest BCUT2D eigenvalue weighted by atomic mass is 32.2. The first kappa shape index (κ1) is 22.7. The molecule has 5 nitrogen and oxygen atoms in total. The first-order valence-electron chi connectivity index (χ1n) is 11.3. The van der Waals surface area contributed by atoms with E-state index in [4.69, 9.17) is 9.73 Å². The number of amidine groups is 1. The summed E-state index contributed by atoms with van der Waals surface area (Å²) in [6, 6.07) is 25.7. The number of nitrogens with zero attached hydrogens (tertiary/aromatic N) is 3. The summed E-state index contributed by atoms with van der Waals surface area (Å²) in [5.74, 6) is 0.728. The van der Waals surface area contributed by atoms with Gasteiger partial charge in [0.1, 0.15) is 5.75 Å². The van der Waals surface area contributed by atoms with E-state index >= 15 is 0 Å². The van der Waals surface area contributed by atoms with Crippen LogP contribution < -0.4 is 4.74 Å². The van der Waals surface area contributed by atoms with Crippen LogP contribution in [0.5, 0.6) is 5.75 Å². The molecule has 0 atom stereocenters. The lowest BCUT2D eigenvalue weighted by atomic mass is 10.1. The number of carbonyl (C=O) groups is 1. The minimum Gasteiger partial charge on any atom is -0.497 e. The zero-order chi connectivity index (χ0) is 24.2. The molecule has 0 aliphatic carbocycles. The number of fused-ring (bicyclic) bond motifs is 1. The molecule has 2 heterocycles. The van der Waals surface area contributed by atoms with E-state index in [1.807, 2.05) is 78.9 Å². The number of methoxy groups -OCH3 is 1. The van der Waals surface area contributed by atoms with Gasteiger partial charge in [0.05, 0.1) is 24.2 Å². The van der Waals surface area contributed by atoms with Crippen LogP contribution in [-0.2, 0) is 17.9 Å². The Morgan fingerprint density at radius 1 is 1.00 bits per heavy atom. The van der Waals surface area contributed by atoms with Crippen LogP contribution >= 0.6 is 11.8 Å². The second kappa shape index (κ2) is 10.1. The van der Waals surface area contributed by atoms with Crippen molar-refractivity contribution >= 4 is 45.5 Å². The lowest BCUT2D eigenvalue weighted by Gasteiger charge is -2.16. The SMILES string of the molecule is C=CCn1cc(/C=C2\SC(=Nc3ccccc3)N(Cc3ccc(OC)cc3)C2=O)c2ccccc21. The molecule has 3 aromatic carbocycles. The molecular weight excluding hydrogens is 454 g/mol. The largest absolute Gasteiger partial charge is 0.497 e. The number of hydrogen-bond acceptors (Lipinski definition) is 4. The van der Waals surface area contributed by atoms with Crippen LogP contribution in [0.3, 0.4) is 0 Å². The van der Waals surface area contributed by atoms with Gasteiger partial charge in [-0.15, -0.1) is 6.58 Å². The maximum atomic E-state index is 13.6. The molecule has 6 heteroatoms. The molecule has 0 saturated carbocycles. The average molecular weight is 480 g/mol. The predicted molar refractivity (Wildman–Crippen MR) is 145 cm³/mol. The van der Waals surface area contributed by atoms with E-state index in [9.17, 15) is 4.79 Å². The Hall–Kier alpha value is -4.03. The minimum atomic E-state index is -0.0546. The smallest absolute Gasteiger partial charge is 0.267 e. The molecule has 0 spiro atoms. The molecule has 174 valence electrons. The number of carbonyl (C=O) groups excluding carboxylic acids is 1. The Balaban J connectivity index is 1.53. The van der Waals surface area contributed by atoms with Gasteiger partial charge in [0.15, 0.2) is 5.17 Å². The molecule has 1 aliphatic heterocycles. The summed E-state index contributed by atoms with van der Waals surface area (Å²) < 4.78 is 7.42. The second-order valence-corrected chi connectivity index (χ2v) is 9.13. The number of para-hydroxylation sites is 2. The van der Waals surface area contributed by atoms with Crippen LogP contribution in [0.25, 0.3) is 17.0 Å². The molecule has 0 N–H and O–H groups in total. The van der Waals surface area contributed by atoms with Crippen molar-refractivity contribution in [2.75, 3.05) is 7.11 Å². The van der Waals surface area contributed by atoms with Crippen molar-refractivity contribution in [1.29, 1.82) is 0 Å². The zero-order valence-electron chi connectivity index (χ0n) is 19.4. The number of rotatable bonds is 7. The van der Waals surface area contributed by atoms with Crippen LogP contribution in [0.4, 0.5) is 5.69 Å². The molecule has 1 aliphatic rings. The minimum absolute atomic E-state index is 0.0546. The van der Waals surface area contributed by atoms with Gasteiger partial charge >= 0.3 is 0 Å². The first-order chi connectivity index (χ1) is 17.2. The summed E-state index contributed by atoms with van der Waals surface area (Å²) in [5.41, 5.74) is 3.93. The number of benzene rings is 3. The van der Waals surface area contributed by atoms with Crippen molar-refractivity contribution in [2.45, 2.75) is 13.1 Å². The predicted octanol–water partition coefficient (Wildman–Crippen LogP) is 6.64. The summed E-state index contributed by atoms with van der Waals surface area (Å²) in [6.07, 6.45) is 5.93. The third kappa shape index (κ3) is 4.79. The standard InChI is InChI=1S/C29H25N3O2S/c1-3-17-31-20-22(25-11-7-8-12-26(25)31)18-27-28(33)32(19-21-13-15-24(34-2)16-14-21)29(35-27)30-23-9-5-4-6-10-23/h3-16,18,20H,1,17,19H2,2H3/b27-18-,30-29?. The van der Waals surface area contributed by atoms with Crippen molar-refractivity contribution in [3.05, 3.63) is 114 Å². The van der Waals surface area contributed by atoms with Gasteiger partial charge in [-0.05, 0) is 53.7 Å². The van der Waals surface area contributed by atoms with Crippen LogP contribution in [0.2, 0.25) is 0 Å². The highest BCUT2D eigenvalue weighted by molar-refractivity contribution is 8.18. The monoisotopic (exact) mass is 479 g/mol. The van der Waals surface area contributed by atoms with Gasteiger partial charge in [0, 0.05) is 29.2 Å². The van der Waals surface area contributed by atoms with E-state index in [-0.39, 0.29) is 5.91 Å². The number of aliphatic imine (C=N–C) groups is 1. The fourth-order valence-corrected chi connectivity index (χ4v) is 5.07. The van der Waals surface area contributed by atoms with E-state index in [0.717, 1.165) is 33.5 Å². The van der Waals surface area contributed by atoms with E-state index < -0.39 is 0 Å². The Morgan fingerprint density at radius 3 is 2.49 bits per heavy atom. The average Bonchev–Trinajstić information content (AvgIpc) is 3.38. The molecule has 1 saturated heterocycles. The molecule has 0 unspecified atom stereocenters. The van der Waals surface area contributed by atoms with Crippen LogP contribution in [-0.4, -0.2) is 27.7 Å². The fraction of sp³-hybridized carbons (Fsp3) is 0.103.